The zero-order chi connectivity index (χ0) is 18.8. The molecule has 26 heavy (non-hydrogen) atoms. The van der Waals surface area contributed by atoms with Crippen LogP contribution in [0, 0.1) is 10.1 Å². The number of carbonyl (C=O) groups excluding carboxylic acids is 2. The smallest absolute Gasteiger partial charge is 0.311 e. The first kappa shape index (κ1) is 18.0. The molecule has 1 N–H and O–H groups in total. The van der Waals surface area contributed by atoms with Crippen LogP contribution >= 0.6 is 23.4 Å². The van der Waals surface area contributed by atoms with Gasteiger partial charge in [0.1, 0.15) is 0 Å². The van der Waals surface area contributed by atoms with E-state index in [-0.39, 0.29) is 17.0 Å². The summed E-state index contributed by atoms with van der Waals surface area (Å²) in [6.07, 6.45) is 1.26. The van der Waals surface area contributed by atoms with Crippen LogP contribution in [0.2, 0.25) is 5.02 Å². The van der Waals surface area contributed by atoms with Crippen molar-refractivity contribution in [3.05, 3.63) is 73.6 Å². The van der Waals surface area contributed by atoms with Crippen LogP contribution < -0.4 is 0 Å². The van der Waals surface area contributed by atoms with E-state index in [1.165, 1.54) is 18.2 Å². The van der Waals surface area contributed by atoms with E-state index in [1.54, 1.807) is 24.3 Å². The summed E-state index contributed by atoms with van der Waals surface area (Å²) < 4.78 is 0. The molecule has 1 aliphatic rings. The first-order valence-corrected chi connectivity index (χ1v) is 8.53. The Bertz CT molecular complexity index is 960. The van der Waals surface area contributed by atoms with Gasteiger partial charge in [-0.3, -0.25) is 24.6 Å². The number of carbonyl (C=O) groups is 2. The minimum Gasteiger partial charge on any atom is -0.502 e. The van der Waals surface area contributed by atoms with E-state index in [4.69, 9.17) is 11.6 Å². The van der Waals surface area contributed by atoms with E-state index >= 15 is 0 Å². The van der Waals surface area contributed by atoms with Gasteiger partial charge in [-0.05, 0) is 29.5 Å². The Morgan fingerprint density at radius 2 is 1.92 bits per heavy atom. The molecule has 0 spiro atoms. The number of amides is 2. The fourth-order valence-corrected chi connectivity index (χ4v) is 3.41. The lowest BCUT2D eigenvalue weighted by molar-refractivity contribution is -0.385. The number of phenols is 1. The summed E-state index contributed by atoms with van der Waals surface area (Å²) in [4.78, 5) is 36.0. The van der Waals surface area contributed by atoms with Gasteiger partial charge >= 0.3 is 5.69 Å². The van der Waals surface area contributed by atoms with Gasteiger partial charge < -0.3 is 5.11 Å². The molecule has 0 unspecified atom stereocenters. The number of hydrogen-bond donors (Lipinski definition) is 1. The monoisotopic (exact) mass is 390 g/mol. The van der Waals surface area contributed by atoms with Crippen LogP contribution in [0.4, 0.5) is 10.5 Å². The first-order chi connectivity index (χ1) is 12.4. The van der Waals surface area contributed by atoms with Crippen LogP contribution in [-0.4, -0.2) is 26.1 Å². The highest BCUT2D eigenvalue weighted by molar-refractivity contribution is 8.18. The Kier molecular flexibility index (Phi) is 4.97. The van der Waals surface area contributed by atoms with Crippen LogP contribution in [0.5, 0.6) is 5.75 Å². The number of imide groups is 1. The predicted molar refractivity (Wildman–Crippen MR) is 97.7 cm³/mol. The van der Waals surface area contributed by atoms with Crippen molar-refractivity contribution in [3.8, 4) is 5.75 Å². The normalized spacial score (nSPS) is 15.7. The van der Waals surface area contributed by atoms with Crippen molar-refractivity contribution >= 4 is 46.3 Å². The zero-order valence-electron chi connectivity index (χ0n) is 13.1. The van der Waals surface area contributed by atoms with Gasteiger partial charge in [-0.15, -0.1) is 0 Å². The Balaban J connectivity index is 1.90. The summed E-state index contributed by atoms with van der Waals surface area (Å²) in [6.45, 7) is 0.0165. The number of benzene rings is 2. The molecule has 1 saturated heterocycles. The molecule has 2 aromatic rings. The van der Waals surface area contributed by atoms with Gasteiger partial charge in [-0.25, -0.2) is 0 Å². The SMILES string of the molecule is O=C1S/C(=C\c2cccc([N+](=O)[O-])c2O)C(=O)N1Cc1ccccc1Cl. The minimum atomic E-state index is -0.726. The second-order valence-corrected chi connectivity index (χ2v) is 6.73. The number of aromatic hydroxyl groups is 1. The number of hydrogen-bond acceptors (Lipinski definition) is 6. The summed E-state index contributed by atoms with van der Waals surface area (Å²) in [5.41, 5.74) is 0.229. The highest BCUT2D eigenvalue weighted by atomic mass is 35.5. The minimum absolute atomic E-state index is 0.0165. The van der Waals surface area contributed by atoms with Crippen LogP contribution in [0.1, 0.15) is 11.1 Å². The average molecular weight is 391 g/mol. The van der Waals surface area contributed by atoms with Crippen molar-refractivity contribution in [3.63, 3.8) is 0 Å². The number of rotatable bonds is 4. The van der Waals surface area contributed by atoms with Gasteiger partial charge in [-0.1, -0.05) is 41.9 Å². The molecule has 9 heteroatoms. The largest absolute Gasteiger partial charge is 0.502 e. The van der Waals surface area contributed by atoms with Gasteiger partial charge in [0.2, 0.25) is 5.75 Å². The molecule has 0 aromatic heterocycles. The third-order valence-electron chi connectivity index (χ3n) is 3.69. The average Bonchev–Trinajstić information content (AvgIpc) is 2.86. The van der Waals surface area contributed by atoms with Gasteiger partial charge in [0.15, 0.2) is 0 Å². The Morgan fingerprint density at radius 3 is 2.62 bits per heavy atom. The lowest BCUT2D eigenvalue weighted by Crippen LogP contribution is -2.27. The van der Waals surface area contributed by atoms with E-state index in [0.717, 1.165) is 11.0 Å². The maximum absolute atomic E-state index is 12.5. The number of nitro groups is 1. The van der Waals surface area contributed by atoms with Crippen molar-refractivity contribution in [2.45, 2.75) is 6.54 Å². The van der Waals surface area contributed by atoms with E-state index < -0.39 is 27.5 Å². The highest BCUT2D eigenvalue weighted by Gasteiger charge is 2.35. The summed E-state index contributed by atoms with van der Waals surface area (Å²) in [7, 11) is 0. The first-order valence-electron chi connectivity index (χ1n) is 7.33. The number of nitro benzene ring substituents is 1. The fraction of sp³-hybridized carbons (Fsp3) is 0.0588. The fourth-order valence-electron chi connectivity index (χ4n) is 2.39. The molecule has 1 aliphatic heterocycles. The molecule has 3 rings (SSSR count). The summed E-state index contributed by atoms with van der Waals surface area (Å²) in [5, 5.41) is 20.8. The molecule has 1 fully saturated rings. The molecule has 0 saturated carbocycles. The van der Waals surface area contributed by atoms with Gasteiger partial charge in [0, 0.05) is 16.7 Å². The Morgan fingerprint density at radius 1 is 1.19 bits per heavy atom. The molecule has 7 nitrogen and oxygen atoms in total. The van der Waals surface area contributed by atoms with Crippen molar-refractivity contribution in [2.24, 2.45) is 0 Å². The van der Waals surface area contributed by atoms with Gasteiger partial charge in [0.05, 0.1) is 16.4 Å². The second kappa shape index (κ2) is 7.19. The predicted octanol–water partition coefficient (Wildman–Crippen LogP) is 4.19. The van der Waals surface area contributed by atoms with Crippen molar-refractivity contribution < 1.29 is 19.6 Å². The number of halogens is 1. The van der Waals surface area contributed by atoms with Crippen molar-refractivity contribution in [1.29, 1.82) is 0 Å². The number of phenolic OH excluding ortho intramolecular Hbond substituents is 1. The van der Waals surface area contributed by atoms with Crippen LogP contribution in [0.25, 0.3) is 6.08 Å². The number of para-hydroxylation sites is 1. The van der Waals surface area contributed by atoms with Crippen molar-refractivity contribution in [2.75, 3.05) is 0 Å². The van der Waals surface area contributed by atoms with E-state index in [1.807, 2.05) is 0 Å². The number of thioether (sulfide) groups is 1. The third kappa shape index (κ3) is 3.42. The molecule has 2 aromatic carbocycles. The standard InChI is InChI=1S/C17H11ClN2O5S/c18-12-6-2-1-4-11(12)9-19-16(22)14(26-17(19)23)8-10-5-3-7-13(15(10)21)20(24)25/h1-8,21H,9H2/b14-8-. The van der Waals surface area contributed by atoms with Gasteiger partial charge in [-0.2, -0.15) is 0 Å². The van der Waals surface area contributed by atoms with Crippen LogP contribution in [-0.2, 0) is 11.3 Å². The molecule has 0 aliphatic carbocycles. The van der Waals surface area contributed by atoms with E-state index in [2.05, 4.69) is 0 Å². The molecule has 0 bridgehead atoms. The topological polar surface area (TPSA) is 101 Å². The summed E-state index contributed by atoms with van der Waals surface area (Å²) in [5.74, 6) is -1.11. The maximum Gasteiger partial charge on any atom is 0.311 e. The highest BCUT2D eigenvalue weighted by Crippen LogP contribution is 2.37. The maximum atomic E-state index is 12.5. The zero-order valence-corrected chi connectivity index (χ0v) is 14.7. The van der Waals surface area contributed by atoms with Crippen LogP contribution in [0.3, 0.4) is 0 Å². The molecular formula is C17H11ClN2O5S. The summed E-state index contributed by atoms with van der Waals surface area (Å²) in [6, 6.07) is 10.8. The van der Waals surface area contributed by atoms with Gasteiger partial charge in [0.25, 0.3) is 11.1 Å². The Hall–Kier alpha value is -2.84. The lowest BCUT2D eigenvalue weighted by Gasteiger charge is -2.13. The molecular weight excluding hydrogens is 380 g/mol. The third-order valence-corrected chi connectivity index (χ3v) is 4.97. The Labute approximate surface area is 157 Å². The molecule has 0 radical (unpaired) electrons. The van der Waals surface area contributed by atoms with Crippen molar-refractivity contribution in [1.82, 2.24) is 4.90 Å². The quantitative estimate of drug-likeness (QED) is 0.477. The second-order valence-electron chi connectivity index (χ2n) is 5.33. The molecule has 2 amide bonds. The number of nitrogens with zero attached hydrogens (tertiary/aromatic N) is 2. The van der Waals surface area contributed by atoms with E-state index in [9.17, 15) is 24.8 Å². The molecule has 132 valence electrons. The van der Waals surface area contributed by atoms with E-state index in [0.29, 0.717) is 22.3 Å². The summed E-state index contributed by atoms with van der Waals surface area (Å²) >= 11 is 6.76. The van der Waals surface area contributed by atoms with Crippen LogP contribution in [0.15, 0.2) is 47.4 Å². The lowest BCUT2D eigenvalue weighted by atomic mass is 10.1. The molecule has 0 atom stereocenters. The molecule has 1 heterocycles.